The largest absolute Gasteiger partial charge is 0.481 e. The second kappa shape index (κ2) is 3.10. The number of rotatable bonds is 2. The van der Waals surface area contributed by atoms with Crippen molar-refractivity contribution in [1.29, 1.82) is 0 Å². The van der Waals surface area contributed by atoms with Gasteiger partial charge in [-0.1, -0.05) is 0 Å². The average molecular weight is 107 g/mol. The van der Waals surface area contributed by atoms with E-state index in [1.54, 1.807) is 9.24 Å². The predicted octanol–water partition coefficient (Wildman–Crippen LogP) is 0.0685. The minimum atomic E-state index is -0.704. The monoisotopic (exact) mass is 107 g/mol. The lowest BCUT2D eigenvalue weighted by atomic mass is 10.5. The smallest absolute Gasteiger partial charge is 0.307 e. The van der Waals surface area contributed by atoms with Crippen LogP contribution in [0.1, 0.15) is 6.42 Å². The molecule has 0 aromatic rings. The molecular weight excluding hydrogens is 99.0 g/mol. The highest BCUT2D eigenvalue weighted by Crippen LogP contribution is 1.84. The molecule has 0 aliphatic carbocycles. The van der Waals surface area contributed by atoms with Gasteiger partial charge in [-0.2, -0.15) is 0 Å². The Labute approximate surface area is 38.8 Å². The van der Waals surface area contributed by atoms with Gasteiger partial charge in [-0.25, -0.2) is 0 Å². The fourth-order valence-corrected chi connectivity index (χ4v) is 0.454. The molecule has 3 heteroatoms. The molecule has 0 aromatic heterocycles. The van der Waals surface area contributed by atoms with Crippen molar-refractivity contribution in [1.82, 2.24) is 0 Å². The quantitative estimate of drug-likeness (QED) is 0.507. The van der Waals surface area contributed by atoms with Crippen LogP contribution < -0.4 is 0 Å². The first-order chi connectivity index (χ1) is 2.77. The Morgan fingerprint density at radius 1 is 1.83 bits per heavy atom. The third-order valence-electron chi connectivity index (χ3n) is 0.391. The Morgan fingerprint density at radius 3 is 2.33 bits per heavy atom. The van der Waals surface area contributed by atoms with E-state index in [4.69, 9.17) is 5.11 Å². The van der Waals surface area contributed by atoms with Gasteiger partial charge in [0.25, 0.3) is 0 Å². The fraction of sp³-hybridized carbons (Fsp3) is 0.667. The van der Waals surface area contributed by atoms with Crippen molar-refractivity contribution in [3.63, 3.8) is 0 Å². The summed E-state index contributed by atoms with van der Waals surface area (Å²) in [6, 6.07) is 0. The number of hydrogen-bond donors (Lipinski definition) is 1. The summed E-state index contributed by atoms with van der Waals surface area (Å²) in [6.07, 6.45) is 1.06. The van der Waals surface area contributed by atoms with Crippen molar-refractivity contribution >= 4 is 15.2 Å². The van der Waals surface area contributed by atoms with E-state index >= 15 is 0 Å². The van der Waals surface area contributed by atoms with Crippen LogP contribution in [0.5, 0.6) is 0 Å². The average Bonchev–Trinajstić information content (AvgIpc) is 1.35. The Balaban J connectivity index is 2.83. The molecule has 1 unspecified atom stereocenters. The lowest BCUT2D eigenvalue weighted by molar-refractivity contribution is -0.136. The molecule has 0 saturated carbocycles. The Bertz CT molecular complexity index is 52.8. The van der Waals surface area contributed by atoms with Crippen molar-refractivity contribution < 1.29 is 9.90 Å². The first kappa shape index (κ1) is 5.90. The van der Waals surface area contributed by atoms with Gasteiger partial charge in [0.15, 0.2) is 0 Å². The van der Waals surface area contributed by atoms with Crippen LogP contribution in [0, 0.1) is 0 Å². The van der Waals surface area contributed by atoms with Crippen LogP contribution in [0.2, 0.25) is 0 Å². The number of hydrogen-bond acceptors (Lipinski definition) is 1. The summed E-state index contributed by atoms with van der Waals surface area (Å²) in [5.74, 6) is -0.704. The lowest BCUT2D eigenvalue weighted by Crippen LogP contribution is -1.92. The SMILES string of the molecule is O=C(O)CC[PH3+]. The molecule has 2 nitrogen and oxygen atoms in total. The molecule has 0 bridgehead atoms. The maximum atomic E-state index is 9.60. The number of aliphatic carboxylic acids is 1. The zero-order chi connectivity index (χ0) is 4.99. The first-order valence-corrected chi connectivity index (χ1v) is 2.78. The van der Waals surface area contributed by atoms with Gasteiger partial charge in [0, 0.05) is 0 Å². The first-order valence-electron chi connectivity index (χ1n) is 1.78. The van der Waals surface area contributed by atoms with Crippen molar-refractivity contribution in [2.75, 3.05) is 6.16 Å². The molecule has 0 rings (SSSR count). The minimum absolute atomic E-state index is 0.304. The van der Waals surface area contributed by atoms with Gasteiger partial charge in [-0.3, -0.25) is 4.79 Å². The maximum Gasteiger partial charge on any atom is 0.307 e. The van der Waals surface area contributed by atoms with Gasteiger partial charge in [0.1, 0.15) is 0 Å². The standard InChI is InChI=1S/C3H7O2P/c4-3(5)1-2-6/h1-2,6H2,(H,4,5)/p+1. The van der Waals surface area contributed by atoms with Gasteiger partial charge in [-0.05, 0) is 9.24 Å². The molecule has 1 atom stereocenters. The molecular formula is C3H8O2P+. The topological polar surface area (TPSA) is 37.3 Å². The van der Waals surface area contributed by atoms with Gasteiger partial charge >= 0.3 is 5.97 Å². The van der Waals surface area contributed by atoms with E-state index in [2.05, 4.69) is 0 Å². The van der Waals surface area contributed by atoms with Gasteiger partial charge < -0.3 is 5.11 Å². The highest BCUT2D eigenvalue weighted by Gasteiger charge is 1.90. The summed E-state index contributed by atoms with van der Waals surface area (Å²) in [5, 5.41) is 7.92. The summed E-state index contributed by atoms with van der Waals surface area (Å²) in [4.78, 5) is 9.60. The third kappa shape index (κ3) is 3.90. The van der Waals surface area contributed by atoms with Crippen LogP contribution >= 0.6 is 9.24 Å². The van der Waals surface area contributed by atoms with Crippen LogP contribution in [-0.2, 0) is 4.79 Å². The number of carboxylic acid groups (broad SMARTS) is 1. The molecule has 0 aromatic carbocycles. The van der Waals surface area contributed by atoms with Crippen molar-refractivity contribution in [3.8, 4) is 0 Å². The Hall–Kier alpha value is -0.100. The number of carboxylic acids is 1. The normalized spacial score (nSPS) is 8.67. The molecule has 0 aliphatic rings. The van der Waals surface area contributed by atoms with Crippen molar-refractivity contribution in [2.45, 2.75) is 6.42 Å². The van der Waals surface area contributed by atoms with E-state index in [1.807, 2.05) is 0 Å². The van der Waals surface area contributed by atoms with Crippen LogP contribution in [0.15, 0.2) is 0 Å². The molecule has 0 saturated heterocycles. The van der Waals surface area contributed by atoms with E-state index in [1.165, 1.54) is 0 Å². The summed E-state index contributed by atoms with van der Waals surface area (Å²) >= 11 is 0. The molecule has 0 fully saturated rings. The van der Waals surface area contributed by atoms with E-state index < -0.39 is 5.97 Å². The summed E-state index contributed by atoms with van der Waals surface area (Å²) < 4.78 is 0. The van der Waals surface area contributed by atoms with Crippen LogP contribution in [0.4, 0.5) is 0 Å². The van der Waals surface area contributed by atoms with Crippen molar-refractivity contribution in [2.24, 2.45) is 0 Å². The summed E-state index contributed by atoms with van der Waals surface area (Å²) in [6.45, 7) is 0. The zero-order valence-electron chi connectivity index (χ0n) is 3.48. The Morgan fingerprint density at radius 2 is 2.33 bits per heavy atom. The van der Waals surface area contributed by atoms with Crippen LogP contribution in [0.3, 0.4) is 0 Å². The van der Waals surface area contributed by atoms with Crippen LogP contribution in [0.25, 0.3) is 0 Å². The minimum Gasteiger partial charge on any atom is -0.481 e. The second-order valence-electron chi connectivity index (χ2n) is 0.997. The van der Waals surface area contributed by atoms with E-state index in [-0.39, 0.29) is 0 Å². The highest BCUT2D eigenvalue weighted by molar-refractivity contribution is 7.16. The Kier molecular flexibility index (Phi) is 3.05. The van der Waals surface area contributed by atoms with E-state index in [0.29, 0.717) is 6.42 Å². The van der Waals surface area contributed by atoms with Gasteiger partial charge in [0.05, 0.1) is 12.6 Å². The lowest BCUT2D eigenvalue weighted by Gasteiger charge is -1.76. The molecule has 0 radical (unpaired) electrons. The molecule has 1 N–H and O–H groups in total. The molecule has 0 aliphatic heterocycles. The predicted molar refractivity (Wildman–Crippen MR) is 28.2 cm³/mol. The zero-order valence-corrected chi connectivity index (χ0v) is 4.89. The number of carbonyl (C=O) groups is 1. The molecule has 0 amide bonds. The maximum absolute atomic E-state index is 9.60. The highest BCUT2D eigenvalue weighted by atomic mass is 31.0. The summed E-state index contributed by atoms with van der Waals surface area (Å²) in [7, 11) is 1.67. The van der Waals surface area contributed by atoms with E-state index in [0.717, 1.165) is 6.16 Å². The van der Waals surface area contributed by atoms with E-state index in [9.17, 15) is 4.79 Å². The fourth-order valence-electron chi connectivity index (χ4n) is 0.151. The van der Waals surface area contributed by atoms with Crippen LogP contribution in [-0.4, -0.2) is 17.2 Å². The van der Waals surface area contributed by atoms with Gasteiger partial charge in [0.2, 0.25) is 0 Å². The molecule has 0 heterocycles. The molecule has 0 spiro atoms. The molecule has 6 heavy (non-hydrogen) atoms. The second-order valence-corrected chi connectivity index (χ2v) is 1.70. The molecule has 36 valence electrons. The van der Waals surface area contributed by atoms with Crippen molar-refractivity contribution in [3.05, 3.63) is 0 Å². The summed E-state index contributed by atoms with van der Waals surface area (Å²) in [5.41, 5.74) is 0. The third-order valence-corrected chi connectivity index (χ3v) is 0.744. The van der Waals surface area contributed by atoms with Gasteiger partial charge in [-0.15, -0.1) is 0 Å².